The van der Waals surface area contributed by atoms with Gasteiger partial charge < -0.3 is 4.90 Å². The highest BCUT2D eigenvalue weighted by Crippen LogP contribution is 2.22. The minimum atomic E-state index is -0.0211. The lowest BCUT2D eigenvalue weighted by molar-refractivity contribution is 0.182. The van der Waals surface area contributed by atoms with E-state index >= 15 is 0 Å². The number of anilines is 1. The van der Waals surface area contributed by atoms with Gasteiger partial charge in [0.25, 0.3) is 0 Å². The first-order valence-corrected chi connectivity index (χ1v) is 8.57. The maximum Gasteiger partial charge on any atom is 0.323 e. The second-order valence-corrected chi connectivity index (χ2v) is 7.03. The number of nitrogens with zero attached hydrogens (tertiary/aromatic N) is 2. The van der Waals surface area contributed by atoms with Crippen molar-refractivity contribution < 1.29 is 4.79 Å². The first-order chi connectivity index (χ1) is 10.7. The van der Waals surface area contributed by atoms with Crippen molar-refractivity contribution in [1.82, 2.24) is 9.88 Å². The first-order valence-electron chi connectivity index (χ1n) is 7.75. The third-order valence-corrected chi connectivity index (χ3v) is 4.85. The number of urea groups is 1. The maximum atomic E-state index is 12.3. The van der Waals surface area contributed by atoms with E-state index in [2.05, 4.69) is 29.4 Å². The first kappa shape index (κ1) is 15.0. The van der Waals surface area contributed by atoms with Gasteiger partial charge in [0.2, 0.25) is 0 Å². The molecule has 1 saturated heterocycles. The van der Waals surface area contributed by atoms with E-state index in [1.807, 2.05) is 29.3 Å². The largest absolute Gasteiger partial charge is 0.324 e. The summed E-state index contributed by atoms with van der Waals surface area (Å²) in [5.41, 5.74) is 1.26. The van der Waals surface area contributed by atoms with E-state index in [9.17, 15) is 4.79 Å². The number of amides is 2. The third-order valence-electron chi connectivity index (χ3n) is 3.93. The SMILES string of the molecule is CC1CCCN(C(=O)Nc2ncc(Cc3ccccc3)s2)C1. The summed E-state index contributed by atoms with van der Waals surface area (Å²) in [6, 6.07) is 10.3. The Balaban J connectivity index is 1.58. The summed E-state index contributed by atoms with van der Waals surface area (Å²) < 4.78 is 0. The van der Waals surface area contributed by atoms with E-state index in [4.69, 9.17) is 0 Å². The summed E-state index contributed by atoms with van der Waals surface area (Å²) in [5.74, 6) is 0.587. The van der Waals surface area contributed by atoms with E-state index in [1.54, 1.807) is 11.3 Å². The minimum Gasteiger partial charge on any atom is -0.324 e. The van der Waals surface area contributed by atoms with Gasteiger partial charge in [-0.3, -0.25) is 5.32 Å². The molecule has 3 rings (SSSR count). The molecule has 1 aromatic heterocycles. The molecule has 1 unspecified atom stereocenters. The second-order valence-electron chi connectivity index (χ2n) is 5.92. The highest BCUT2D eigenvalue weighted by Gasteiger charge is 2.21. The van der Waals surface area contributed by atoms with Crippen molar-refractivity contribution in [3.8, 4) is 0 Å². The average molecular weight is 315 g/mol. The quantitative estimate of drug-likeness (QED) is 0.930. The number of thiazole rings is 1. The number of benzene rings is 1. The summed E-state index contributed by atoms with van der Waals surface area (Å²) in [7, 11) is 0. The van der Waals surface area contributed by atoms with Crippen molar-refractivity contribution in [2.45, 2.75) is 26.2 Å². The lowest BCUT2D eigenvalue weighted by atomic mass is 10.0. The Morgan fingerprint density at radius 1 is 1.41 bits per heavy atom. The lowest BCUT2D eigenvalue weighted by Crippen LogP contribution is -2.41. The molecule has 1 N–H and O–H groups in total. The van der Waals surface area contributed by atoms with Gasteiger partial charge in [-0.25, -0.2) is 9.78 Å². The monoisotopic (exact) mass is 315 g/mol. The van der Waals surface area contributed by atoms with Crippen LogP contribution in [0.15, 0.2) is 36.5 Å². The van der Waals surface area contributed by atoms with Crippen molar-refractivity contribution in [1.29, 1.82) is 0 Å². The van der Waals surface area contributed by atoms with Gasteiger partial charge in [-0.05, 0) is 24.3 Å². The fraction of sp³-hybridized carbons (Fsp3) is 0.412. The zero-order valence-corrected chi connectivity index (χ0v) is 13.6. The molecule has 5 heteroatoms. The van der Waals surface area contributed by atoms with Crippen molar-refractivity contribution in [2.24, 2.45) is 5.92 Å². The number of hydrogen-bond acceptors (Lipinski definition) is 3. The molecule has 0 aliphatic carbocycles. The molecule has 0 bridgehead atoms. The van der Waals surface area contributed by atoms with E-state index in [0.29, 0.717) is 11.0 Å². The van der Waals surface area contributed by atoms with Crippen LogP contribution in [0.1, 0.15) is 30.2 Å². The summed E-state index contributed by atoms with van der Waals surface area (Å²) >= 11 is 1.55. The van der Waals surface area contributed by atoms with Crippen molar-refractivity contribution >= 4 is 22.5 Å². The van der Waals surface area contributed by atoms with Crippen LogP contribution in [0.25, 0.3) is 0 Å². The Morgan fingerprint density at radius 3 is 3.00 bits per heavy atom. The number of aromatic nitrogens is 1. The molecular weight excluding hydrogens is 294 g/mol. The number of carbonyl (C=O) groups is 1. The molecule has 2 amide bonds. The van der Waals surface area contributed by atoms with Crippen LogP contribution in [0.2, 0.25) is 0 Å². The minimum absolute atomic E-state index is 0.0211. The standard InChI is InChI=1S/C17H21N3OS/c1-13-6-5-9-20(12-13)17(21)19-16-18-11-15(22-16)10-14-7-3-2-4-8-14/h2-4,7-8,11,13H,5-6,9-10,12H2,1H3,(H,18,19,21). The van der Waals surface area contributed by atoms with Gasteiger partial charge in [-0.1, -0.05) is 37.3 Å². The molecule has 2 aromatic rings. The lowest BCUT2D eigenvalue weighted by Gasteiger charge is -2.30. The van der Waals surface area contributed by atoms with Crippen LogP contribution in [0.4, 0.5) is 9.93 Å². The maximum absolute atomic E-state index is 12.3. The van der Waals surface area contributed by atoms with Crippen LogP contribution < -0.4 is 5.32 Å². The Morgan fingerprint density at radius 2 is 2.23 bits per heavy atom. The zero-order chi connectivity index (χ0) is 15.4. The number of carbonyl (C=O) groups excluding carboxylic acids is 1. The zero-order valence-electron chi connectivity index (χ0n) is 12.8. The molecule has 22 heavy (non-hydrogen) atoms. The Labute approximate surface area is 135 Å². The van der Waals surface area contributed by atoms with Crippen LogP contribution >= 0.6 is 11.3 Å². The van der Waals surface area contributed by atoms with Gasteiger partial charge in [0, 0.05) is 30.6 Å². The highest BCUT2D eigenvalue weighted by atomic mass is 32.1. The molecule has 1 fully saturated rings. The molecule has 1 atom stereocenters. The summed E-state index contributed by atoms with van der Waals surface area (Å²) in [4.78, 5) is 19.6. The predicted octanol–water partition coefficient (Wildman–Crippen LogP) is 4.00. The number of piperidine rings is 1. The van der Waals surface area contributed by atoms with Crippen LogP contribution in [0.3, 0.4) is 0 Å². The van der Waals surface area contributed by atoms with E-state index in [0.717, 1.165) is 30.8 Å². The van der Waals surface area contributed by atoms with Gasteiger partial charge in [0.1, 0.15) is 0 Å². The van der Waals surface area contributed by atoms with Crippen LogP contribution in [0.5, 0.6) is 0 Å². The number of nitrogens with one attached hydrogen (secondary N) is 1. The van der Waals surface area contributed by atoms with E-state index < -0.39 is 0 Å². The molecule has 1 aromatic carbocycles. The summed E-state index contributed by atoms with van der Waals surface area (Å²) in [6.45, 7) is 3.88. The molecule has 0 radical (unpaired) electrons. The van der Waals surface area contributed by atoms with Crippen LogP contribution in [0, 0.1) is 5.92 Å². The topological polar surface area (TPSA) is 45.2 Å². The Hall–Kier alpha value is -1.88. The molecule has 1 aliphatic heterocycles. The van der Waals surface area contributed by atoms with Crippen molar-refractivity contribution in [3.05, 3.63) is 47.0 Å². The number of likely N-dealkylation sites (tertiary alicyclic amines) is 1. The van der Waals surface area contributed by atoms with Crippen LogP contribution in [-0.4, -0.2) is 29.0 Å². The fourth-order valence-electron chi connectivity index (χ4n) is 2.79. The van der Waals surface area contributed by atoms with Crippen molar-refractivity contribution in [2.75, 3.05) is 18.4 Å². The Bertz CT molecular complexity index is 626. The van der Waals surface area contributed by atoms with E-state index in [-0.39, 0.29) is 6.03 Å². The van der Waals surface area contributed by atoms with Crippen molar-refractivity contribution in [3.63, 3.8) is 0 Å². The number of hydrogen-bond donors (Lipinski definition) is 1. The molecule has 1 aliphatic rings. The second kappa shape index (κ2) is 6.92. The normalized spacial score (nSPS) is 18.2. The molecule has 0 spiro atoms. The summed E-state index contributed by atoms with van der Waals surface area (Å²) in [6.07, 6.45) is 5.01. The van der Waals surface area contributed by atoms with E-state index in [1.165, 1.54) is 12.0 Å². The molecule has 2 heterocycles. The van der Waals surface area contributed by atoms with Gasteiger partial charge in [-0.15, -0.1) is 11.3 Å². The Kier molecular flexibility index (Phi) is 4.73. The van der Waals surface area contributed by atoms with Gasteiger partial charge >= 0.3 is 6.03 Å². The van der Waals surface area contributed by atoms with Crippen LogP contribution in [-0.2, 0) is 6.42 Å². The molecule has 116 valence electrons. The third kappa shape index (κ3) is 3.85. The molecule has 0 saturated carbocycles. The average Bonchev–Trinajstić information content (AvgIpc) is 2.95. The van der Waals surface area contributed by atoms with Gasteiger partial charge in [0.15, 0.2) is 5.13 Å². The fourth-order valence-corrected chi connectivity index (χ4v) is 3.62. The number of rotatable bonds is 3. The summed E-state index contributed by atoms with van der Waals surface area (Å²) in [5, 5.41) is 3.62. The smallest absolute Gasteiger partial charge is 0.323 e. The predicted molar refractivity (Wildman–Crippen MR) is 90.4 cm³/mol. The highest BCUT2D eigenvalue weighted by molar-refractivity contribution is 7.15. The van der Waals surface area contributed by atoms with Gasteiger partial charge in [0.05, 0.1) is 0 Å². The molecule has 4 nitrogen and oxygen atoms in total. The van der Waals surface area contributed by atoms with Gasteiger partial charge in [-0.2, -0.15) is 0 Å². The molecular formula is C17H21N3OS.